The third-order valence-corrected chi connectivity index (χ3v) is 3.42. The fraction of sp³-hybridized carbons (Fsp3) is 0.429. The van der Waals surface area contributed by atoms with Crippen molar-refractivity contribution in [1.82, 2.24) is 20.1 Å². The van der Waals surface area contributed by atoms with Gasteiger partial charge in [-0.1, -0.05) is 6.07 Å². The van der Waals surface area contributed by atoms with Crippen LogP contribution >= 0.6 is 0 Å². The van der Waals surface area contributed by atoms with E-state index in [1.165, 1.54) is 16.8 Å². The lowest BCUT2D eigenvalue weighted by Gasteiger charge is -2.17. The van der Waals surface area contributed by atoms with Gasteiger partial charge in [-0.05, 0) is 38.9 Å². The lowest BCUT2D eigenvalue weighted by molar-refractivity contribution is 0.583. The molecule has 0 spiro atoms. The van der Waals surface area contributed by atoms with E-state index in [0.717, 1.165) is 12.1 Å². The third kappa shape index (κ3) is 2.43. The van der Waals surface area contributed by atoms with Crippen LogP contribution in [0.3, 0.4) is 0 Å². The summed E-state index contributed by atoms with van der Waals surface area (Å²) in [6, 6.07) is 4.37. The Morgan fingerprint density at radius 2 is 2.17 bits per heavy atom. The molecule has 0 bridgehead atoms. The highest BCUT2D eigenvalue weighted by molar-refractivity contribution is 5.30. The maximum absolute atomic E-state index is 4.48. The van der Waals surface area contributed by atoms with Crippen LogP contribution in [0.5, 0.6) is 0 Å². The fourth-order valence-electron chi connectivity index (χ4n) is 2.40. The molecule has 0 aliphatic heterocycles. The number of nitrogens with zero attached hydrogens (tertiary/aromatic N) is 3. The van der Waals surface area contributed by atoms with Crippen LogP contribution in [0.2, 0.25) is 0 Å². The van der Waals surface area contributed by atoms with E-state index < -0.39 is 0 Å². The van der Waals surface area contributed by atoms with E-state index >= 15 is 0 Å². The van der Waals surface area contributed by atoms with Crippen LogP contribution in [-0.2, 0) is 13.5 Å². The van der Waals surface area contributed by atoms with E-state index in [1.807, 2.05) is 31.0 Å². The Labute approximate surface area is 108 Å². The Morgan fingerprint density at radius 1 is 1.39 bits per heavy atom. The first-order valence-electron chi connectivity index (χ1n) is 6.19. The number of aromatic nitrogens is 3. The monoisotopic (exact) mass is 244 g/mol. The Hall–Kier alpha value is -1.68. The van der Waals surface area contributed by atoms with Gasteiger partial charge in [-0.15, -0.1) is 0 Å². The zero-order valence-electron chi connectivity index (χ0n) is 11.4. The molecule has 2 heterocycles. The van der Waals surface area contributed by atoms with E-state index in [4.69, 9.17) is 0 Å². The number of hydrogen-bond acceptors (Lipinski definition) is 3. The van der Waals surface area contributed by atoms with Gasteiger partial charge in [0.15, 0.2) is 0 Å². The van der Waals surface area contributed by atoms with Gasteiger partial charge in [-0.2, -0.15) is 5.10 Å². The molecular formula is C14H20N4. The molecule has 0 fully saturated rings. The molecule has 2 rings (SSSR count). The van der Waals surface area contributed by atoms with Gasteiger partial charge in [-0.25, -0.2) is 0 Å². The summed E-state index contributed by atoms with van der Waals surface area (Å²) < 4.78 is 1.94. The molecule has 0 aliphatic rings. The first-order chi connectivity index (χ1) is 8.63. The summed E-state index contributed by atoms with van der Waals surface area (Å²) >= 11 is 0. The van der Waals surface area contributed by atoms with Gasteiger partial charge >= 0.3 is 0 Å². The zero-order valence-corrected chi connectivity index (χ0v) is 11.4. The molecule has 4 nitrogen and oxygen atoms in total. The van der Waals surface area contributed by atoms with Gasteiger partial charge in [0.25, 0.3) is 0 Å². The molecule has 2 aromatic heterocycles. The Kier molecular flexibility index (Phi) is 3.77. The molecular weight excluding hydrogens is 224 g/mol. The van der Waals surface area contributed by atoms with Gasteiger partial charge < -0.3 is 5.32 Å². The average Bonchev–Trinajstić information content (AvgIpc) is 2.62. The van der Waals surface area contributed by atoms with E-state index in [0.29, 0.717) is 0 Å². The number of pyridine rings is 1. The van der Waals surface area contributed by atoms with Crippen molar-refractivity contribution in [2.45, 2.75) is 26.3 Å². The summed E-state index contributed by atoms with van der Waals surface area (Å²) in [6.45, 7) is 4.18. The molecule has 0 saturated heterocycles. The number of likely N-dealkylation sites (N-methyl/N-ethyl adjacent to an activating group) is 1. The summed E-state index contributed by atoms with van der Waals surface area (Å²) in [4.78, 5) is 4.17. The minimum absolute atomic E-state index is 0.280. The highest BCUT2D eigenvalue weighted by atomic mass is 15.3. The van der Waals surface area contributed by atoms with Gasteiger partial charge in [0, 0.05) is 36.7 Å². The number of nitrogens with one attached hydrogen (secondary N) is 1. The zero-order chi connectivity index (χ0) is 13.1. The first-order valence-corrected chi connectivity index (χ1v) is 6.19. The third-order valence-electron chi connectivity index (χ3n) is 3.42. The van der Waals surface area contributed by atoms with E-state index in [1.54, 1.807) is 6.20 Å². The van der Waals surface area contributed by atoms with Crippen molar-refractivity contribution in [3.8, 4) is 0 Å². The standard InChI is InChI=1S/C14H20N4/c1-10-14(11(2)18(4)17-10)13(15-3)8-12-6-5-7-16-9-12/h5-7,9,13,15H,8H2,1-4H3. The minimum Gasteiger partial charge on any atom is -0.313 e. The summed E-state index contributed by atoms with van der Waals surface area (Å²) in [7, 11) is 3.98. The lowest BCUT2D eigenvalue weighted by Crippen LogP contribution is -2.20. The molecule has 0 aromatic carbocycles. The second kappa shape index (κ2) is 5.31. The topological polar surface area (TPSA) is 42.7 Å². The Morgan fingerprint density at radius 3 is 2.67 bits per heavy atom. The van der Waals surface area contributed by atoms with Gasteiger partial charge in [0.2, 0.25) is 0 Å². The van der Waals surface area contributed by atoms with Crippen molar-refractivity contribution in [3.63, 3.8) is 0 Å². The maximum atomic E-state index is 4.48. The maximum Gasteiger partial charge on any atom is 0.0644 e. The smallest absolute Gasteiger partial charge is 0.0644 e. The van der Waals surface area contributed by atoms with E-state index in [-0.39, 0.29) is 6.04 Å². The molecule has 96 valence electrons. The Bertz CT molecular complexity index is 516. The SMILES string of the molecule is CNC(Cc1cccnc1)c1c(C)nn(C)c1C. The van der Waals surface area contributed by atoms with Crippen molar-refractivity contribution in [3.05, 3.63) is 47.0 Å². The quantitative estimate of drug-likeness (QED) is 0.893. The lowest BCUT2D eigenvalue weighted by atomic mass is 9.98. The van der Waals surface area contributed by atoms with Crippen molar-refractivity contribution in [1.29, 1.82) is 0 Å². The molecule has 0 amide bonds. The first kappa shape index (κ1) is 12.8. The summed E-state index contributed by atoms with van der Waals surface area (Å²) in [5, 5.41) is 7.86. The van der Waals surface area contributed by atoms with Crippen LogP contribution in [-0.4, -0.2) is 21.8 Å². The number of aryl methyl sites for hydroxylation is 2. The molecule has 0 radical (unpaired) electrons. The van der Waals surface area contributed by atoms with E-state index in [9.17, 15) is 0 Å². The van der Waals surface area contributed by atoms with Gasteiger partial charge in [0.1, 0.15) is 0 Å². The van der Waals surface area contributed by atoms with Gasteiger partial charge in [-0.3, -0.25) is 9.67 Å². The predicted molar refractivity (Wildman–Crippen MR) is 72.4 cm³/mol. The normalized spacial score (nSPS) is 12.7. The molecule has 1 unspecified atom stereocenters. The van der Waals surface area contributed by atoms with Crippen LogP contribution < -0.4 is 5.32 Å². The van der Waals surface area contributed by atoms with E-state index in [2.05, 4.69) is 35.3 Å². The minimum atomic E-state index is 0.280. The summed E-state index contributed by atoms with van der Waals surface area (Å²) in [6.07, 6.45) is 4.65. The predicted octanol–water partition coefficient (Wildman–Crippen LogP) is 1.94. The highest BCUT2D eigenvalue weighted by Gasteiger charge is 2.19. The van der Waals surface area contributed by atoms with Crippen LogP contribution in [0.1, 0.15) is 28.6 Å². The summed E-state index contributed by atoms with van der Waals surface area (Å²) in [5.74, 6) is 0. The van der Waals surface area contributed by atoms with Gasteiger partial charge in [0.05, 0.1) is 5.69 Å². The van der Waals surface area contributed by atoms with Crippen LogP contribution in [0, 0.1) is 13.8 Å². The average molecular weight is 244 g/mol. The molecule has 0 saturated carbocycles. The molecule has 1 atom stereocenters. The second-order valence-corrected chi connectivity index (χ2v) is 4.61. The largest absolute Gasteiger partial charge is 0.313 e. The van der Waals surface area contributed by atoms with Crippen LogP contribution in [0.25, 0.3) is 0 Å². The molecule has 0 aliphatic carbocycles. The van der Waals surface area contributed by atoms with Crippen molar-refractivity contribution in [2.75, 3.05) is 7.05 Å². The van der Waals surface area contributed by atoms with Crippen molar-refractivity contribution in [2.24, 2.45) is 7.05 Å². The Balaban J connectivity index is 2.29. The van der Waals surface area contributed by atoms with Crippen molar-refractivity contribution < 1.29 is 0 Å². The number of rotatable bonds is 4. The number of hydrogen-bond donors (Lipinski definition) is 1. The molecule has 4 heteroatoms. The second-order valence-electron chi connectivity index (χ2n) is 4.61. The molecule has 18 heavy (non-hydrogen) atoms. The highest BCUT2D eigenvalue weighted by Crippen LogP contribution is 2.23. The molecule has 1 N–H and O–H groups in total. The molecule has 2 aromatic rings. The summed E-state index contributed by atoms with van der Waals surface area (Å²) in [5.41, 5.74) is 4.84. The van der Waals surface area contributed by atoms with Crippen LogP contribution in [0.15, 0.2) is 24.5 Å². The fourth-order valence-corrected chi connectivity index (χ4v) is 2.40. The van der Waals surface area contributed by atoms with Crippen molar-refractivity contribution >= 4 is 0 Å². The van der Waals surface area contributed by atoms with Crippen LogP contribution in [0.4, 0.5) is 0 Å².